The highest BCUT2D eigenvalue weighted by Gasteiger charge is 2.30. The van der Waals surface area contributed by atoms with Crippen molar-refractivity contribution < 1.29 is 4.79 Å². The van der Waals surface area contributed by atoms with Crippen LogP contribution in [0.15, 0.2) is 40.5 Å². The molecule has 0 amide bonds. The second-order valence-corrected chi connectivity index (χ2v) is 5.18. The number of rotatable bonds is 0. The van der Waals surface area contributed by atoms with E-state index in [0.717, 1.165) is 29.6 Å². The first kappa shape index (κ1) is 10.7. The van der Waals surface area contributed by atoms with Crippen molar-refractivity contribution in [3.05, 3.63) is 46.0 Å². The minimum absolute atomic E-state index is 0.262. The SMILES string of the molecule is O=C1CCCC2=C1N1C=c3ccccc3=CC1=NC2. The maximum atomic E-state index is 12.2. The molecule has 0 saturated carbocycles. The Morgan fingerprint density at radius 3 is 2.84 bits per heavy atom. The van der Waals surface area contributed by atoms with Crippen molar-refractivity contribution in [3.8, 4) is 0 Å². The molecule has 4 rings (SSSR count). The van der Waals surface area contributed by atoms with Gasteiger partial charge in [0, 0.05) is 12.6 Å². The van der Waals surface area contributed by atoms with Gasteiger partial charge in [0.1, 0.15) is 5.84 Å². The van der Waals surface area contributed by atoms with E-state index in [1.807, 2.05) is 23.2 Å². The molecule has 0 atom stereocenters. The Hall–Kier alpha value is -2.16. The smallest absolute Gasteiger partial charge is 0.179 e. The molecule has 19 heavy (non-hydrogen) atoms. The maximum absolute atomic E-state index is 12.2. The Bertz CT molecular complexity index is 755. The Kier molecular flexibility index (Phi) is 2.21. The van der Waals surface area contributed by atoms with Crippen LogP contribution in [0.3, 0.4) is 0 Å². The lowest BCUT2D eigenvalue weighted by atomic mass is 9.92. The molecule has 0 aromatic heterocycles. The lowest BCUT2D eigenvalue weighted by Crippen LogP contribution is -2.42. The summed E-state index contributed by atoms with van der Waals surface area (Å²) in [7, 11) is 0. The molecule has 2 aliphatic heterocycles. The molecule has 1 aromatic carbocycles. The molecule has 3 aliphatic rings. The van der Waals surface area contributed by atoms with E-state index in [0.29, 0.717) is 13.0 Å². The molecule has 0 N–H and O–H groups in total. The number of hydrogen-bond acceptors (Lipinski definition) is 3. The quantitative estimate of drug-likeness (QED) is 0.686. The van der Waals surface area contributed by atoms with Crippen molar-refractivity contribution in [1.82, 2.24) is 4.90 Å². The van der Waals surface area contributed by atoms with Crippen LogP contribution in [-0.2, 0) is 4.79 Å². The molecule has 1 aromatic rings. The van der Waals surface area contributed by atoms with E-state index >= 15 is 0 Å². The largest absolute Gasteiger partial charge is 0.298 e. The summed E-state index contributed by atoms with van der Waals surface area (Å²) in [5.41, 5.74) is 2.08. The summed E-state index contributed by atoms with van der Waals surface area (Å²) in [5, 5.41) is 2.32. The van der Waals surface area contributed by atoms with E-state index in [2.05, 4.69) is 23.2 Å². The Labute approximate surface area is 111 Å². The number of aliphatic imine (C=N–C) groups is 1. The van der Waals surface area contributed by atoms with Crippen LogP contribution in [-0.4, -0.2) is 23.1 Å². The molecule has 0 radical (unpaired) electrons. The fourth-order valence-corrected chi connectivity index (χ4v) is 3.01. The topological polar surface area (TPSA) is 32.7 Å². The first-order chi connectivity index (χ1) is 9.33. The average molecular weight is 250 g/mol. The summed E-state index contributed by atoms with van der Waals surface area (Å²) < 4.78 is 0. The zero-order valence-electron chi connectivity index (χ0n) is 10.6. The van der Waals surface area contributed by atoms with Gasteiger partial charge in [0.25, 0.3) is 0 Å². The zero-order valence-corrected chi connectivity index (χ0v) is 10.6. The molecule has 3 heteroatoms. The lowest BCUT2D eigenvalue weighted by molar-refractivity contribution is -0.116. The fraction of sp³-hybridized carbons (Fsp3) is 0.250. The molecule has 1 aliphatic carbocycles. The van der Waals surface area contributed by atoms with E-state index in [9.17, 15) is 4.79 Å². The van der Waals surface area contributed by atoms with Gasteiger partial charge in [-0.25, -0.2) is 0 Å². The van der Waals surface area contributed by atoms with Crippen molar-refractivity contribution in [3.63, 3.8) is 0 Å². The first-order valence-corrected chi connectivity index (χ1v) is 6.70. The number of benzene rings is 1. The van der Waals surface area contributed by atoms with Crippen molar-refractivity contribution in [2.45, 2.75) is 19.3 Å². The second-order valence-electron chi connectivity index (χ2n) is 5.18. The van der Waals surface area contributed by atoms with E-state index in [4.69, 9.17) is 0 Å². The summed E-state index contributed by atoms with van der Waals surface area (Å²) in [6.07, 6.45) is 6.76. The molecular formula is C16H14N2O. The predicted octanol–water partition coefficient (Wildman–Crippen LogP) is 0.940. The van der Waals surface area contributed by atoms with Crippen LogP contribution >= 0.6 is 0 Å². The number of amidine groups is 1. The standard InChI is InChI=1S/C16H14N2O/c19-14-7-3-6-12-9-17-15-8-11-4-1-2-5-13(11)10-18(15)16(12)14/h1-2,4-5,8,10H,3,6-7,9H2. The number of hydrogen-bond donors (Lipinski definition) is 0. The Balaban J connectivity index is 1.93. The van der Waals surface area contributed by atoms with E-state index < -0.39 is 0 Å². The summed E-state index contributed by atoms with van der Waals surface area (Å²) in [6.45, 7) is 0.680. The number of ketones is 1. The first-order valence-electron chi connectivity index (χ1n) is 6.70. The van der Waals surface area contributed by atoms with Crippen LogP contribution in [0.1, 0.15) is 19.3 Å². The van der Waals surface area contributed by atoms with Crippen LogP contribution in [0, 0.1) is 0 Å². The van der Waals surface area contributed by atoms with E-state index in [1.165, 1.54) is 10.8 Å². The van der Waals surface area contributed by atoms with Gasteiger partial charge in [0.15, 0.2) is 5.78 Å². The van der Waals surface area contributed by atoms with Gasteiger partial charge in [0.2, 0.25) is 0 Å². The van der Waals surface area contributed by atoms with Crippen LogP contribution in [0.5, 0.6) is 0 Å². The normalized spacial score (nSPS) is 20.7. The molecular weight excluding hydrogens is 236 g/mol. The van der Waals surface area contributed by atoms with Crippen molar-refractivity contribution in [2.24, 2.45) is 4.99 Å². The van der Waals surface area contributed by atoms with Gasteiger partial charge in [0.05, 0.1) is 12.2 Å². The van der Waals surface area contributed by atoms with Crippen LogP contribution < -0.4 is 10.4 Å². The lowest BCUT2D eigenvalue weighted by Gasteiger charge is -2.32. The third-order valence-electron chi connectivity index (χ3n) is 3.95. The molecule has 0 fully saturated rings. The number of allylic oxidation sites excluding steroid dienone is 1. The molecule has 0 bridgehead atoms. The molecule has 2 heterocycles. The van der Waals surface area contributed by atoms with E-state index in [1.54, 1.807) is 0 Å². The van der Waals surface area contributed by atoms with Crippen molar-refractivity contribution in [2.75, 3.05) is 6.54 Å². The van der Waals surface area contributed by atoms with Gasteiger partial charge in [-0.15, -0.1) is 0 Å². The summed E-state index contributed by atoms with van der Waals surface area (Å²) in [4.78, 5) is 18.8. The van der Waals surface area contributed by atoms with Crippen LogP contribution in [0.4, 0.5) is 0 Å². The number of fused-ring (bicyclic) bond motifs is 3. The number of Topliss-reactive ketones (excluding diaryl/α,β-unsaturated/α-hetero) is 1. The van der Waals surface area contributed by atoms with Gasteiger partial charge < -0.3 is 0 Å². The molecule has 3 nitrogen and oxygen atoms in total. The monoisotopic (exact) mass is 250 g/mol. The van der Waals surface area contributed by atoms with Gasteiger partial charge in [-0.2, -0.15) is 0 Å². The maximum Gasteiger partial charge on any atom is 0.179 e. The highest BCUT2D eigenvalue weighted by Crippen LogP contribution is 2.29. The number of carbonyl (C=O) groups excluding carboxylic acids is 1. The zero-order chi connectivity index (χ0) is 12.8. The van der Waals surface area contributed by atoms with Gasteiger partial charge in [-0.05, 0) is 34.9 Å². The van der Waals surface area contributed by atoms with Crippen LogP contribution in [0.25, 0.3) is 12.3 Å². The third-order valence-corrected chi connectivity index (χ3v) is 3.95. The van der Waals surface area contributed by atoms with Gasteiger partial charge >= 0.3 is 0 Å². The Morgan fingerprint density at radius 2 is 1.95 bits per heavy atom. The average Bonchev–Trinajstić information content (AvgIpc) is 2.45. The summed E-state index contributed by atoms with van der Waals surface area (Å²) in [5.74, 6) is 1.16. The Morgan fingerprint density at radius 1 is 1.11 bits per heavy atom. The van der Waals surface area contributed by atoms with Crippen molar-refractivity contribution in [1.29, 1.82) is 0 Å². The third kappa shape index (κ3) is 1.58. The van der Waals surface area contributed by atoms with E-state index in [-0.39, 0.29) is 5.78 Å². The summed E-state index contributed by atoms with van der Waals surface area (Å²) in [6, 6.07) is 8.20. The summed E-state index contributed by atoms with van der Waals surface area (Å²) >= 11 is 0. The molecule has 0 spiro atoms. The highest BCUT2D eigenvalue weighted by molar-refractivity contribution is 6.16. The molecule has 94 valence electrons. The van der Waals surface area contributed by atoms with Gasteiger partial charge in [-0.3, -0.25) is 14.7 Å². The minimum atomic E-state index is 0.262. The van der Waals surface area contributed by atoms with Crippen molar-refractivity contribution >= 4 is 23.9 Å². The second kappa shape index (κ2) is 3.92. The van der Waals surface area contributed by atoms with Gasteiger partial charge in [-0.1, -0.05) is 24.3 Å². The molecule has 0 unspecified atom stereocenters. The minimum Gasteiger partial charge on any atom is -0.298 e. The fourth-order valence-electron chi connectivity index (χ4n) is 3.01. The number of carbonyl (C=O) groups is 1. The predicted molar refractivity (Wildman–Crippen MR) is 74.6 cm³/mol. The molecule has 0 saturated heterocycles. The highest BCUT2D eigenvalue weighted by atomic mass is 16.1. The number of nitrogens with zero attached hydrogens (tertiary/aromatic N) is 2. The van der Waals surface area contributed by atoms with Crippen LogP contribution in [0.2, 0.25) is 0 Å².